The maximum atomic E-state index is 2.61. The summed E-state index contributed by atoms with van der Waals surface area (Å²) in [6.45, 7) is 14.9. The molecule has 1 aliphatic carbocycles. The van der Waals surface area contributed by atoms with Gasteiger partial charge >= 0.3 is 0 Å². The molecular formula is C59H48. The molecule has 0 N–H and O–H groups in total. The van der Waals surface area contributed by atoms with E-state index in [1.165, 1.54) is 109 Å². The van der Waals surface area contributed by atoms with Gasteiger partial charge in [0.1, 0.15) is 0 Å². The van der Waals surface area contributed by atoms with Crippen LogP contribution in [0, 0.1) is 10.8 Å². The van der Waals surface area contributed by atoms with Crippen molar-refractivity contribution in [3.05, 3.63) is 193 Å². The van der Waals surface area contributed by atoms with Gasteiger partial charge in [-0.15, -0.1) is 0 Å². The monoisotopic (exact) mass is 756 g/mol. The Morgan fingerprint density at radius 1 is 0.271 bits per heavy atom. The van der Waals surface area contributed by atoms with E-state index in [-0.39, 0.29) is 16.2 Å². The van der Waals surface area contributed by atoms with Crippen LogP contribution in [0.5, 0.6) is 0 Å². The minimum atomic E-state index is -0.318. The molecule has 0 fully saturated rings. The van der Waals surface area contributed by atoms with Crippen molar-refractivity contribution in [3.8, 4) is 44.5 Å². The van der Waals surface area contributed by atoms with Crippen molar-refractivity contribution in [1.82, 2.24) is 0 Å². The fourth-order valence-corrected chi connectivity index (χ4v) is 12.0. The van der Waals surface area contributed by atoms with Crippen molar-refractivity contribution in [1.29, 1.82) is 0 Å². The van der Waals surface area contributed by atoms with E-state index in [0.717, 1.165) is 0 Å². The van der Waals surface area contributed by atoms with E-state index in [4.69, 9.17) is 0 Å². The molecule has 10 aromatic rings. The predicted octanol–water partition coefficient (Wildman–Crippen LogP) is 16.8. The second-order valence-corrected chi connectivity index (χ2v) is 18.7. The van der Waals surface area contributed by atoms with Gasteiger partial charge < -0.3 is 0 Å². The van der Waals surface area contributed by atoms with Gasteiger partial charge in [0.05, 0.1) is 0 Å². The molecule has 0 spiro atoms. The Morgan fingerprint density at radius 2 is 0.627 bits per heavy atom. The van der Waals surface area contributed by atoms with Crippen LogP contribution in [-0.4, -0.2) is 0 Å². The summed E-state index contributed by atoms with van der Waals surface area (Å²) >= 11 is 0. The average Bonchev–Trinajstić information content (AvgIpc) is 3.60. The summed E-state index contributed by atoms with van der Waals surface area (Å²) < 4.78 is 0. The topological polar surface area (TPSA) is 0 Å². The van der Waals surface area contributed by atoms with E-state index < -0.39 is 0 Å². The Hall–Kier alpha value is -6.50. The van der Waals surface area contributed by atoms with E-state index in [1.54, 1.807) is 0 Å². The van der Waals surface area contributed by atoms with Crippen molar-refractivity contribution < 1.29 is 0 Å². The Bertz CT molecular complexity index is 3260. The fourth-order valence-electron chi connectivity index (χ4n) is 12.0. The molecule has 0 nitrogen and oxygen atoms in total. The number of rotatable bonds is 3. The zero-order chi connectivity index (χ0) is 40.3. The van der Waals surface area contributed by atoms with Crippen LogP contribution in [0.15, 0.2) is 182 Å². The van der Waals surface area contributed by atoms with E-state index in [9.17, 15) is 0 Å². The van der Waals surface area contributed by atoms with Crippen LogP contribution in [-0.2, 0) is 5.41 Å². The normalized spacial score (nSPS) is 13.7. The van der Waals surface area contributed by atoms with Gasteiger partial charge in [0, 0.05) is 5.41 Å². The van der Waals surface area contributed by atoms with Gasteiger partial charge in [0.2, 0.25) is 0 Å². The first-order valence-corrected chi connectivity index (χ1v) is 21.2. The first kappa shape index (κ1) is 35.6. The summed E-state index contributed by atoms with van der Waals surface area (Å²) in [4.78, 5) is 0. The van der Waals surface area contributed by atoms with E-state index >= 15 is 0 Å². The molecule has 0 amide bonds. The van der Waals surface area contributed by atoms with Crippen molar-refractivity contribution >= 4 is 53.9 Å². The van der Waals surface area contributed by atoms with Gasteiger partial charge in [-0.05, 0) is 126 Å². The number of hydrogen-bond donors (Lipinski definition) is 0. The lowest BCUT2D eigenvalue weighted by molar-refractivity contribution is 0.0977. The highest BCUT2D eigenvalue weighted by Gasteiger charge is 2.59. The van der Waals surface area contributed by atoms with Crippen LogP contribution < -0.4 is 0 Å². The van der Waals surface area contributed by atoms with Crippen LogP contribution in [0.4, 0.5) is 0 Å². The minimum Gasteiger partial charge on any atom is -0.0622 e. The molecule has 0 heterocycles. The fraction of sp³-hybridized carbons (Fsp3) is 0.153. The lowest BCUT2D eigenvalue weighted by Crippen LogP contribution is -2.50. The Balaban J connectivity index is 1.34. The molecule has 0 saturated heterocycles. The second kappa shape index (κ2) is 12.7. The Labute approximate surface area is 347 Å². The van der Waals surface area contributed by atoms with Gasteiger partial charge in [0.15, 0.2) is 0 Å². The van der Waals surface area contributed by atoms with Crippen LogP contribution in [0.25, 0.3) is 98.4 Å². The average molecular weight is 757 g/mol. The highest BCUT2D eigenvalue weighted by molar-refractivity contribution is 6.26. The molecule has 284 valence electrons. The smallest absolute Gasteiger partial charge is 0.0324 e. The zero-order valence-corrected chi connectivity index (χ0v) is 34.8. The zero-order valence-electron chi connectivity index (χ0n) is 34.8. The van der Waals surface area contributed by atoms with E-state index in [0.29, 0.717) is 0 Å². The molecule has 0 aromatic heterocycles. The molecular weight excluding hydrogens is 709 g/mol. The van der Waals surface area contributed by atoms with Gasteiger partial charge in [-0.3, -0.25) is 0 Å². The highest BCUT2D eigenvalue weighted by atomic mass is 14.6. The molecule has 0 atom stereocenters. The Kier molecular flexibility index (Phi) is 7.70. The first-order valence-electron chi connectivity index (χ1n) is 21.2. The summed E-state index contributed by atoms with van der Waals surface area (Å²) in [6.07, 6.45) is 0. The predicted molar refractivity (Wildman–Crippen MR) is 255 cm³/mol. The molecule has 11 rings (SSSR count). The third-order valence-electron chi connectivity index (χ3n) is 13.7. The number of fused-ring (bicyclic) bond motifs is 12. The lowest BCUT2D eigenvalue weighted by atomic mass is 9.49. The maximum absolute atomic E-state index is 2.61. The third-order valence-corrected chi connectivity index (χ3v) is 13.7. The molecule has 0 unspecified atom stereocenters. The summed E-state index contributed by atoms with van der Waals surface area (Å²) in [6, 6.07) is 68.4. The van der Waals surface area contributed by atoms with Gasteiger partial charge in [-0.2, -0.15) is 0 Å². The molecule has 0 radical (unpaired) electrons. The van der Waals surface area contributed by atoms with Crippen LogP contribution in [0.3, 0.4) is 0 Å². The van der Waals surface area contributed by atoms with E-state index in [2.05, 4.69) is 224 Å². The summed E-state index contributed by atoms with van der Waals surface area (Å²) in [5.41, 5.74) is 12.7. The highest BCUT2D eigenvalue weighted by Crippen LogP contribution is 2.69. The molecule has 1 aliphatic rings. The SMILES string of the molecule is CC(C)(C)C1(C(C)(C)C)c2c(cc(-c3c4ccccc4c(-c4ccccc4-c4ccccc4)c4ccccc34)c3ccccc23)-c2c1c1ccccc1c1ccccc21. The van der Waals surface area contributed by atoms with Crippen molar-refractivity contribution in [3.63, 3.8) is 0 Å². The van der Waals surface area contributed by atoms with Crippen LogP contribution >= 0.6 is 0 Å². The van der Waals surface area contributed by atoms with Crippen molar-refractivity contribution in [2.75, 3.05) is 0 Å². The number of benzene rings is 10. The third kappa shape index (κ3) is 4.84. The van der Waals surface area contributed by atoms with Crippen molar-refractivity contribution in [2.24, 2.45) is 10.8 Å². The molecule has 0 bridgehead atoms. The largest absolute Gasteiger partial charge is 0.0622 e. The minimum absolute atomic E-state index is 0.131. The molecule has 59 heavy (non-hydrogen) atoms. The summed E-state index contributed by atoms with van der Waals surface area (Å²) in [7, 11) is 0. The molecule has 0 aliphatic heterocycles. The second-order valence-electron chi connectivity index (χ2n) is 18.7. The lowest BCUT2D eigenvalue weighted by Gasteiger charge is -2.54. The quantitative estimate of drug-likeness (QED) is 0.124. The molecule has 10 aromatic carbocycles. The van der Waals surface area contributed by atoms with Gasteiger partial charge in [-0.25, -0.2) is 0 Å². The van der Waals surface area contributed by atoms with E-state index in [1.807, 2.05) is 0 Å². The summed E-state index contributed by atoms with van der Waals surface area (Å²) in [5.74, 6) is 0. The van der Waals surface area contributed by atoms with Crippen LogP contribution in [0.2, 0.25) is 0 Å². The standard InChI is InChI=1S/C59H48/c1-57(2,3)59(58(4,5)6)55-48-34-20-13-27-41(48)50(36-51(55)54-43-29-15-11-25-39(43)40-26-12-21-35-49(40)56(54)59)53-46-32-18-16-30-44(46)52(45-31-17-19-33-47(45)53)42-28-14-10-24-38(42)37-22-8-7-9-23-37/h7-36H,1-6H3. The summed E-state index contributed by atoms with van der Waals surface area (Å²) in [5, 5.41) is 13.1. The van der Waals surface area contributed by atoms with Gasteiger partial charge in [0.25, 0.3) is 0 Å². The van der Waals surface area contributed by atoms with Crippen LogP contribution in [0.1, 0.15) is 52.7 Å². The maximum Gasteiger partial charge on any atom is 0.0324 e. The number of hydrogen-bond acceptors (Lipinski definition) is 0. The van der Waals surface area contributed by atoms with Gasteiger partial charge in [-0.1, -0.05) is 217 Å². The first-order chi connectivity index (χ1) is 28.6. The molecule has 0 saturated carbocycles. The molecule has 0 heteroatoms. The van der Waals surface area contributed by atoms with Crippen molar-refractivity contribution in [2.45, 2.75) is 47.0 Å². The Morgan fingerprint density at radius 3 is 1.14 bits per heavy atom.